The fourth-order valence-electron chi connectivity index (χ4n) is 2.09. The van der Waals surface area contributed by atoms with Gasteiger partial charge in [-0.25, -0.2) is 4.98 Å². The zero-order valence-corrected chi connectivity index (χ0v) is 10.3. The minimum Gasteiger partial charge on any atom is -0.352 e. The molecule has 3 heterocycles. The third-order valence-electron chi connectivity index (χ3n) is 2.86. The minimum absolute atomic E-state index is 0.547. The summed E-state index contributed by atoms with van der Waals surface area (Å²) in [7, 11) is 0. The van der Waals surface area contributed by atoms with E-state index in [2.05, 4.69) is 36.0 Å². The van der Waals surface area contributed by atoms with Gasteiger partial charge in [0, 0.05) is 30.3 Å². The van der Waals surface area contributed by atoms with E-state index in [9.17, 15) is 0 Å². The van der Waals surface area contributed by atoms with Crippen molar-refractivity contribution in [2.45, 2.75) is 17.7 Å². The minimum atomic E-state index is 0.547. The molecule has 1 saturated heterocycles. The first-order valence-corrected chi connectivity index (χ1v) is 6.29. The van der Waals surface area contributed by atoms with Crippen LogP contribution in [0.3, 0.4) is 0 Å². The van der Waals surface area contributed by atoms with E-state index in [0.717, 1.165) is 24.6 Å². The average molecular weight is 282 g/mol. The van der Waals surface area contributed by atoms with Crippen molar-refractivity contribution in [1.29, 1.82) is 0 Å². The lowest BCUT2D eigenvalue weighted by Gasteiger charge is -2.30. The maximum atomic E-state index is 4.42. The standard InChI is InChI=1S/C10H12BrN5/c11-8-2-1-4-15(6-8)9-10-14-13-7-16(10)5-3-12-9/h3,5,7-8H,1-2,4,6H2. The van der Waals surface area contributed by atoms with Gasteiger partial charge in [0.25, 0.3) is 0 Å². The lowest BCUT2D eigenvalue weighted by Crippen LogP contribution is -2.36. The summed E-state index contributed by atoms with van der Waals surface area (Å²) in [6.45, 7) is 2.03. The number of piperidine rings is 1. The van der Waals surface area contributed by atoms with Gasteiger partial charge >= 0.3 is 0 Å². The van der Waals surface area contributed by atoms with Gasteiger partial charge in [-0.3, -0.25) is 4.40 Å². The molecule has 0 bridgehead atoms. The summed E-state index contributed by atoms with van der Waals surface area (Å²) >= 11 is 3.67. The molecule has 2 aromatic heterocycles. The number of alkyl halides is 1. The normalized spacial score (nSPS) is 21.6. The molecule has 1 aliphatic heterocycles. The molecule has 1 unspecified atom stereocenters. The Kier molecular flexibility index (Phi) is 2.51. The van der Waals surface area contributed by atoms with Crippen LogP contribution in [0.2, 0.25) is 0 Å². The lowest BCUT2D eigenvalue weighted by molar-refractivity contribution is 0.591. The number of anilines is 1. The smallest absolute Gasteiger partial charge is 0.203 e. The summed E-state index contributed by atoms with van der Waals surface area (Å²) in [5.41, 5.74) is 0.837. The molecule has 0 radical (unpaired) electrons. The van der Waals surface area contributed by atoms with Crippen LogP contribution in [-0.2, 0) is 0 Å². The molecule has 2 aromatic rings. The summed E-state index contributed by atoms with van der Waals surface area (Å²) < 4.78 is 1.90. The Morgan fingerprint density at radius 3 is 3.25 bits per heavy atom. The number of rotatable bonds is 1. The molecule has 84 valence electrons. The van der Waals surface area contributed by atoms with Crippen molar-refractivity contribution in [3.05, 3.63) is 18.7 Å². The van der Waals surface area contributed by atoms with Gasteiger partial charge in [-0.05, 0) is 12.8 Å². The SMILES string of the molecule is BrC1CCCN(c2nccn3cnnc23)C1. The summed E-state index contributed by atoms with van der Waals surface area (Å²) in [6.07, 6.45) is 7.78. The van der Waals surface area contributed by atoms with E-state index in [4.69, 9.17) is 0 Å². The first kappa shape index (κ1) is 10.0. The number of hydrogen-bond acceptors (Lipinski definition) is 4. The molecule has 0 spiro atoms. The molecular weight excluding hydrogens is 270 g/mol. The largest absolute Gasteiger partial charge is 0.352 e. The third-order valence-corrected chi connectivity index (χ3v) is 3.61. The van der Waals surface area contributed by atoms with E-state index in [1.54, 1.807) is 12.5 Å². The summed E-state index contributed by atoms with van der Waals surface area (Å²) in [6, 6.07) is 0. The van der Waals surface area contributed by atoms with Gasteiger partial charge in [0.2, 0.25) is 5.65 Å². The second-order valence-electron chi connectivity index (χ2n) is 4.00. The second kappa shape index (κ2) is 4.01. The van der Waals surface area contributed by atoms with Crippen molar-refractivity contribution in [1.82, 2.24) is 19.6 Å². The van der Waals surface area contributed by atoms with Crippen molar-refractivity contribution >= 4 is 27.4 Å². The predicted octanol–water partition coefficient (Wildman–Crippen LogP) is 1.49. The monoisotopic (exact) mass is 281 g/mol. The van der Waals surface area contributed by atoms with E-state index >= 15 is 0 Å². The molecule has 3 rings (SSSR count). The number of nitrogens with zero attached hydrogens (tertiary/aromatic N) is 5. The molecule has 0 aromatic carbocycles. The van der Waals surface area contributed by atoms with E-state index < -0.39 is 0 Å². The Labute approximate surface area is 102 Å². The van der Waals surface area contributed by atoms with Gasteiger partial charge in [-0.2, -0.15) is 0 Å². The van der Waals surface area contributed by atoms with Crippen LogP contribution in [-0.4, -0.2) is 37.5 Å². The lowest BCUT2D eigenvalue weighted by atomic mass is 10.1. The quantitative estimate of drug-likeness (QED) is 0.743. The van der Waals surface area contributed by atoms with Crippen LogP contribution < -0.4 is 4.90 Å². The Morgan fingerprint density at radius 2 is 2.38 bits per heavy atom. The number of fused-ring (bicyclic) bond motifs is 1. The van der Waals surface area contributed by atoms with Crippen molar-refractivity contribution < 1.29 is 0 Å². The number of hydrogen-bond donors (Lipinski definition) is 0. The van der Waals surface area contributed by atoms with E-state index in [-0.39, 0.29) is 0 Å². The highest BCUT2D eigenvalue weighted by Gasteiger charge is 2.21. The van der Waals surface area contributed by atoms with E-state index in [1.807, 2.05) is 10.6 Å². The molecule has 1 fully saturated rings. The molecule has 0 amide bonds. The van der Waals surface area contributed by atoms with Crippen LogP contribution >= 0.6 is 15.9 Å². The highest BCUT2D eigenvalue weighted by molar-refractivity contribution is 9.09. The zero-order valence-electron chi connectivity index (χ0n) is 8.75. The van der Waals surface area contributed by atoms with E-state index in [0.29, 0.717) is 4.83 Å². The van der Waals surface area contributed by atoms with Crippen LogP contribution in [0.5, 0.6) is 0 Å². The molecule has 16 heavy (non-hydrogen) atoms. The highest BCUT2D eigenvalue weighted by Crippen LogP contribution is 2.23. The van der Waals surface area contributed by atoms with Crippen LogP contribution in [0.4, 0.5) is 5.82 Å². The molecule has 1 atom stereocenters. The van der Waals surface area contributed by atoms with Crippen molar-refractivity contribution in [2.24, 2.45) is 0 Å². The van der Waals surface area contributed by atoms with Crippen LogP contribution in [0.1, 0.15) is 12.8 Å². The Balaban J connectivity index is 2.01. The summed E-state index contributed by atoms with van der Waals surface area (Å²) in [5, 5.41) is 8.02. The molecule has 0 aliphatic carbocycles. The summed E-state index contributed by atoms with van der Waals surface area (Å²) in [4.78, 5) is 7.24. The Bertz CT molecular complexity index is 497. The fraction of sp³-hybridized carbons (Fsp3) is 0.500. The topological polar surface area (TPSA) is 46.3 Å². The predicted molar refractivity (Wildman–Crippen MR) is 64.9 cm³/mol. The van der Waals surface area contributed by atoms with Crippen molar-refractivity contribution in [2.75, 3.05) is 18.0 Å². The molecule has 6 heteroatoms. The highest BCUT2D eigenvalue weighted by atomic mass is 79.9. The first-order valence-electron chi connectivity index (χ1n) is 5.38. The van der Waals surface area contributed by atoms with Gasteiger partial charge in [0.15, 0.2) is 5.82 Å². The first-order chi connectivity index (χ1) is 7.84. The molecule has 5 nitrogen and oxygen atoms in total. The van der Waals surface area contributed by atoms with Gasteiger partial charge in [-0.15, -0.1) is 10.2 Å². The second-order valence-corrected chi connectivity index (χ2v) is 5.29. The van der Waals surface area contributed by atoms with Crippen molar-refractivity contribution in [3.8, 4) is 0 Å². The van der Waals surface area contributed by atoms with Gasteiger partial charge < -0.3 is 4.90 Å². The fourth-order valence-corrected chi connectivity index (χ4v) is 2.76. The maximum Gasteiger partial charge on any atom is 0.203 e. The van der Waals surface area contributed by atoms with Crippen LogP contribution in [0, 0.1) is 0 Å². The summed E-state index contributed by atoms with van der Waals surface area (Å²) in [5.74, 6) is 0.934. The molecule has 0 N–H and O–H groups in total. The molecule has 1 aliphatic rings. The third kappa shape index (κ3) is 1.67. The van der Waals surface area contributed by atoms with Gasteiger partial charge in [0.1, 0.15) is 6.33 Å². The van der Waals surface area contributed by atoms with Gasteiger partial charge in [-0.1, -0.05) is 15.9 Å². The molecule has 0 saturated carbocycles. The van der Waals surface area contributed by atoms with Crippen molar-refractivity contribution in [3.63, 3.8) is 0 Å². The molecular formula is C10H12BrN5. The van der Waals surface area contributed by atoms with Crippen LogP contribution in [0.15, 0.2) is 18.7 Å². The van der Waals surface area contributed by atoms with Crippen LogP contribution in [0.25, 0.3) is 5.65 Å². The maximum absolute atomic E-state index is 4.42. The Morgan fingerprint density at radius 1 is 1.44 bits per heavy atom. The zero-order chi connectivity index (χ0) is 11.0. The van der Waals surface area contributed by atoms with E-state index in [1.165, 1.54) is 12.8 Å². The number of halogens is 1. The average Bonchev–Trinajstić information content (AvgIpc) is 2.76. The van der Waals surface area contributed by atoms with Gasteiger partial charge in [0.05, 0.1) is 0 Å². The Hall–Kier alpha value is -1.17. The number of aromatic nitrogens is 4.